The number of hydrogen-bond donors (Lipinski definition) is 0. The quantitative estimate of drug-likeness (QED) is 0.735. The molecule has 0 aliphatic carbocycles. The van der Waals surface area contributed by atoms with Gasteiger partial charge in [0, 0.05) is 11.9 Å². The third kappa shape index (κ3) is 2.79. The molecular weight excluding hydrogens is 172 g/mol. The molecule has 78 valence electrons. The van der Waals surface area contributed by atoms with Crippen molar-refractivity contribution >= 4 is 0 Å². The van der Waals surface area contributed by atoms with E-state index in [1.54, 1.807) is 0 Å². The van der Waals surface area contributed by atoms with Crippen LogP contribution in [0.2, 0.25) is 0 Å². The molecule has 0 radical (unpaired) electrons. The second kappa shape index (κ2) is 4.54. The van der Waals surface area contributed by atoms with Crippen molar-refractivity contribution in [1.29, 1.82) is 0 Å². The van der Waals surface area contributed by atoms with Crippen LogP contribution >= 0.6 is 0 Å². The van der Waals surface area contributed by atoms with E-state index in [-0.39, 0.29) is 0 Å². The minimum atomic E-state index is 0.491. The van der Waals surface area contributed by atoms with Crippen molar-refractivity contribution in [3.8, 4) is 0 Å². The van der Waals surface area contributed by atoms with Gasteiger partial charge in [0.2, 0.25) is 0 Å². The van der Waals surface area contributed by atoms with Gasteiger partial charge < -0.3 is 0 Å². The second-order valence-corrected chi connectivity index (χ2v) is 4.58. The Morgan fingerprint density at radius 2 is 1.86 bits per heavy atom. The molecule has 1 aromatic heterocycles. The first kappa shape index (κ1) is 11.2. The first-order chi connectivity index (χ1) is 6.50. The van der Waals surface area contributed by atoms with E-state index < -0.39 is 0 Å². The standard InChI is InChI=1S/C12H20N2/c1-8(2)6-11-7-13-10(5)14-12(11)9(3)4/h7-9H,6H2,1-5H3. The Balaban J connectivity index is 3.02. The highest BCUT2D eigenvalue weighted by Gasteiger charge is 2.10. The fourth-order valence-electron chi connectivity index (χ4n) is 1.61. The Morgan fingerprint density at radius 3 is 2.36 bits per heavy atom. The van der Waals surface area contributed by atoms with Gasteiger partial charge in [0.15, 0.2) is 0 Å². The first-order valence-corrected chi connectivity index (χ1v) is 5.33. The van der Waals surface area contributed by atoms with E-state index >= 15 is 0 Å². The normalized spacial score (nSPS) is 11.4. The molecule has 14 heavy (non-hydrogen) atoms. The van der Waals surface area contributed by atoms with E-state index in [2.05, 4.69) is 37.7 Å². The van der Waals surface area contributed by atoms with Crippen LogP contribution in [0.1, 0.15) is 50.7 Å². The summed E-state index contributed by atoms with van der Waals surface area (Å²) in [5, 5.41) is 0. The van der Waals surface area contributed by atoms with Crippen molar-refractivity contribution in [1.82, 2.24) is 9.97 Å². The van der Waals surface area contributed by atoms with Gasteiger partial charge in [-0.2, -0.15) is 0 Å². The summed E-state index contributed by atoms with van der Waals surface area (Å²) in [5.74, 6) is 2.03. The molecule has 0 atom stereocenters. The first-order valence-electron chi connectivity index (χ1n) is 5.33. The summed E-state index contributed by atoms with van der Waals surface area (Å²) in [4.78, 5) is 8.78. The van der Waals surface area contributed by atoms with Gasteiger partial charge in [0.05, 0.1) is 0 Å². The summed E-state index contributed by atoms with van der Waals surface area (Å²) in [5.41, 5.74) is 2.52. The minimum absolute atomic E-state index is 0.491. The molecule has 0 aliphatic heterocycles. The molecule has 0 saturated carbocycles. The highest BCUT2D eigenvalue weighted by atomic mass is 14.9. The van der Waals surface area contributed by atoms with Crippen LogP contribution in [-0.2, 0) is 6.42 Å². The van der Waals surface area contributed by atoms with E-state index in [0.717, 1.165) is 12.2 Å². The average molecular weight is 192 g/mol. The molecule has 1 rings (SSSR count). The smallest absolute Gasteiger partial charge is 0.125 e. The van der Waals surface area contributed by atoms with Crippen molar-refractivity contribution in [2.45, 2.75) is 47.0 Å². The zero-order chi connectivity index (χ0) is 10.7. The van der Waals surface area contributed by atoms with Crippen LogP contribution in [0, 0.1) is 12.8 Å². The van der Waals surface area contributed by atoms with Crippen molar-refractivity contribution in [3.05, 3.63) is 23.3 Å². The fourth-order valence-corrected chi connectivity index (χ4v) is 1.61. The van der Waals surface area contributed by atoms with Crippen LogP contribution in [0.25, 0.3) is 0 Å². The van der Waals surface area contributed by atoms with Gasteiger partial charge in [-0.25, -0.2) is 9.97 Å². The minimum Gasteiger partial charge on any atom is -0.241 e. The summed E-state index contributed by atoms with van der Waals surface area (Å²) < 4.78 is 0. The lowest BCUT2D eigenvalue weighted by Crippen LogP contribution is -2.06. The molecule has 0 bridgehead atoms. The molecule has 0 fully saturated rings. The zero-order valence-electron chi connectivity index (χ0n) is 9.83. The lowest BCUT2D eigenvalue weighted by molar-refractivity contribution is 0.628. The number of nitrogens with zero attached hydrogens (tertiary/aromatic N) is 2. The van der Waals surface area contributed by atoms with Crippen molar-refractivity contribution in [2.75, 3.05) is 0 Å². The summed E-state index contributed by atoms with van der Waals surface area (Å²) in [6.07, 6.45) is 3.06. The van der Waals surface area contributed by atoms with Gasteiger partial charge >= 0.3 is 0 Å². The summed E-state index contributed by atoms with van der Waals surface area (Å²) in [6.45, 7) is 10.8. The summed E-state index contributed by atoms with van der Waals surface area (Å²) >= 11 is 0. The molecule has 0 saturated heterocycles. The topological polar surface area (TPSA) is 25.8 Å². The monoisotopic (exact) mass is 192 g/mol. The van der Waals surface area contributed by atoms with Crippen LogP contribution in [-0.4, -0.2) is 9.97 Å². The molecule has 2 heteroatoms. The predicted octanol–water partition coefficient (Wildman–Crippen LogP) is 3.11. The molecule has 1 heterocycles. The highest BCUT2D eigenvalue weighted by molar-refractivity contribution is 5.21. The van der Waals surface area contributed by atoms with Crippen LogP contribution in [0.3, 0.4) is 0 Å². The number of rotatable bonds is 3. The molecule has 1 aromatic rings. The molecular formula is C12H20N2. The van der Waals surface area contributed by atoms with E-state index in [1.807, 2.05) is 13.1 Å². The Hall–Kier alpha value is -0.920. The van der Waals surface area contributed by atoms with E-state index in [0.29, 0.717) is 11.8 Å². The van der Waals surface area contributed by atoms with Gasteiger partial charge in [-0.15, -0.1) is 0 Å². The van der Waals surface area contributed by atoms with E-state index in [4.69, 9.17) is 0 Å². The lowest BCUT2D eigenvalue weighted by Gasteiger charge is -2.13. The Morgan fingerprint density at radius 1 is 1.21 bits per heavy atom. The Bertz CT molecular complexity index is 303. The van der Waals surface area contributed by atoms with Crippen LogP contribution in [0.5, 0.6) is 0 Å². The molecule has 0 unspecified atom stereocenters. The van der Waals surface area contributed by atoms with Crippen LogP contribution < -0.4 is 0 Å². The SMILES string of the molecule is Cc1ncc(CC(C)C)c(C(C)C)n1. The maximum Gasteiger partial charge on any atom is 0.125 e. The van der Waals surface area contributed by atoms with Gasteiger partial charge in [0.1, 0.15) is 5.82 Å². The number of aromatic nitrogens is 2. The van der Waals surface area contributed by atoms with Crippen molar-refractivity contribution in [2.24, 2.45) is 5.92 Å². The third-order valence-corrected chi connectivity index (χ3v) is 2.19. The lowest BCUT2D eigenvalue weighted by atomic mass is 9.98. The molecule has 2 nitrogen and oxygen atoms in total. The maximum absolute atomic E-state index is 4.51. The summed E-state index contributed by atoms with van der Waals surface area (Å²) in [6, 6.07) is 0. The fraction of sp³-hybridized carbons (Fsp3) is 0.667. The van der Waals surface area contributed by atoms with Gasteiger partial charge in [0.25, 0.3) is 0 Å². The largest absolute Gasteiger partial charge is 0.241 e. The summed E-state index contributed by atoms with van der Waals surface area (Å²) in [7, 11) is 0. The van der Waals surface area contributed by atoms with Crippen LogP contribution in [0.15, 0.2) is 6.20 Å². The Kier molecular flexibility index (Phi) is 3.62. The zero-order valence-corrected chi connectivity index (χ0v) is 9.83. The van der Waals surface area contributed by atoms with Gasteiger partial charge in [-0.3, -0.25) is 0 Å². The molecule has 0 aromatic carbocycles. The van der Waals surface area contributed by atoms with Crippen LogP contribution in [0.4, 0.5) is 0 Å². The third-order valence-electron chi connectivity index (χ3n) is 2.19. The van der Waals surface area contributed by atoms with Gasteiger partial charge in [-0.05, 0) is 30.7 Å². The van der Waals surface area contributed by atoms with Crippen molar-refractivity contribution in [3.63, 3.8) is 0 Å². The van der Waals surface area contributed by atoms with Gasteiger partial charge in [-0.1, -0.05) is 27.7 Å². The maximum atomic E-state index is 4.51. The highest BCUT2D eigenvalue weighted by Crippen LogP contribution is 2.19. The van der Waals surface area contributed by atoms with E-state index in [9.17, 15) is 0 Å². The number of aryl methyl sites for hydroxylation is 1. The predicted molar refractivity (Wildman–Crippen MR) is 59.4 cm³/mol. The molecule has 0 amide bonds. The molecule has 0 aliphatic rings. The molecule has 0 N–H and O–H groups in total. The second-order valence-electron chi connectivity index (χ2n) is 4.58. The number of hydrogen-bond acceptors (Lipinski definition) is 2. The van der Waals surface area contributed by atoms with E-state index in [1.165, 1.54) is 11.3 Å². The Labute approximate surface area is 86.8 Å². The average Bonchev–Trinajstić information content (AvgIpc) is 2.07. The van der Waals surface area contributed by atoms with Crippen molar-refractivity contribution < 1.29 is 0 Å². The molecule has 0 spiro atoms.